The number of unbranched alkanes of at least 4 members (excludes halogenated alkanes) is 1. The number of carbonyl (C=O) groups is 1. The summed E-state index contributed by atoms with van der Waals surface area (Å²) in [6.45, 7) is 7.42. The van der Waals surface area contributed by atoms with Gasteiger partial charge < -0.3 is 14.6 Å². The molecular formula is C27H41F2N5O3S. The van der Waals surface area contributed by atoms with Gasteiger partial charge in [0, 0.05) is 24.2 Å². The van der Waals surface area contributed by atoms with Gasteiger partial charge in [-0.15, -0.1) is 4.72 Å². The van der Waals surface area contributed by atoms with E-state index in [0.717, 1.165) is 37.7 Å². The molecule has 2 aliphatic carbocycles. The number of rotatable bonds is 10. The van der Waals surface area contributed by atoms with Crippen molar-refractivity contribution in [3.63, 3.8) is 0 Å². The van der Waals surface area contributed by atoms with E-state index in [9.17, 15) is 18.1 Å². The van der Waals surface area contributed by atoms with E-state index in [1.807, 2.05) is 6.07 Å². The molecule has 3 atom stereocenters. The van der Waals surface area contributed by atoms with Crippen molar-refractivity contribution < 1.29 is 22.9 Å². The van der Waals surface area contributed by atoms with E-state index in [1.165, 1.54) is 0 Å². The molecule has 212 valence electrons. The first-order valence-corrected chi connectivity index (χ1v) is 15.1. The van der Waals surface area contributed by atoms with Crippen molar-refractivity contribution in [1.29, 1.82) is 0 Å². The Kier molecular flexibility index (Phi) is 9.19. The lowest BCUT2D eigenvalue weighted by atomic mass is 9.78. The molecule has 2 fully saturated rings. The Bertz CT molecular complexity index is 1080. The SMILES string of the molecule is CCCC[S@+]([O-])NC(c1cnn2cc([C@@H](NC(=O)OC(C)(C)C)C3CCC(F)(F)CC3)nc2c1)C1CCC1. The first-order valence-electron chi connectivity index (χ1n) is 13.8. The predicted octanol–water partition coefficient (Wildman–Crippen LogP) is 6.02. The van der Waals surface area contributed by atoms with Crippen molar-refractivity contribution in [2.75, 3.05) is 5.75 Å². The molecule has 2 heterocycles. The molecule has 0 bridgehead atoms. The molecule has 4 rings (SSSR count). The molecule has 0 spiro atoms. The number of fused-ring (bicyclic) bond motifs is 1. The average molecular weight is 554 g/mol. The van der Waals surface area contributed by atoms with Crippen molar-refractivity contribution >= 4 is 23.1 Å². The molecule has 8 nitrogen and oxygen atoms in total. The lowest BCUT2D eigenvalue weighted by Gasteiger charge is -2.34. The van der Waals surface area contributed by atoms with Gasteiger partial charge in [0.25, 0.3) is 0 Å². The average Bonchev–Trinajstić information content (AvgIpc) is 3.22. The van der Waals surface area contributed by atoms with Crippen LogP contribution in [-0.4, -0.2) is 42.5 Å². The highest BCUT2D eigenvalue weighted by Crippen LogP contribution is 2.42. The van der Waals surface area contributed by atoms with Gasteiger partial charge in [0.1, 0.15) is 11.4 Å². The highest BCUT2D eigenvalue weighted by molar-refractivity contribution is 7.89. The van der Waals surface area contributed by atoms with Crippen LogP contribution in [0.15, 0.2) is 18.5 Å². The van der Waals surface area contributed by atoms with Crippen LogP contribution in [0.3, 0.4) is 0 Å². The van der Waals surface area contributed by atoms with Crippen molar-refractivity contribution in [2.45, 2.75) is 109 Å². The van der Waals surface area contributed by atoms with E-state index in [4.69, 9.17) is 9.72 Å². The maximum absolute atomic E-state index is 13.9. The number of halogens is 2. The van der Waals surface area contributed by atoms with Crippen molar-refractivity contribution in [1.82, 2.24) is 24.6 Å². The third-order valence-corrected chi connectivity index (χ3v) is 8.68. The van der Waals surface area contributed by atoms with Crippen molar-refractivity contribution in [3.8, 4) is 0 Å². The summed E-state index contributed by atoms with van der Waals surface area (Å²) in [6, 6.07) is 1.30. The lowest BCUT2D eigenvalue weighted by Crippen LogP contribution is -2.40. The minimum Gasteiger partial charge on any atom is -0.598 e. The summed E-state index contributed by atoms with van der Waals surface area (Å²) in [7, 11) is 0. The zero-order chi connectivity index (χ0) is 27.5. The van der Waals surface area contributed by atoms with Crippen LogP contribution in [0.2, 0.25) is 0 Å². The van der Waals surface area contributed by atoms with Crippen LogP contribution >= 0.6 is 0 Å². The van der Waals surface area contributed by atoms with Gasteiger partial charge in [-0.3, -0.25) is 0 Å². The molecule has 2 N–H and O–H groups in total. The van der Waals surface area contributed by atoms with Gasteiger partial charge in [-0.1, -0.05) is 19.8 Å². The van der Waals surface area contributed by atoms with E-state index in [2.05, 4.69) is 22.1 Å². The van der Waals surface area contributed by atoms with Crippen LogP contribution in [-0.2, 0) is 16.1 Å². The fraction of sp³-hybridized carbons (Fsp3) is 0.741. The number of imidazole rings is 1. The summed E-state index contributed by atoms with van der Waals surface area (Å²) in [5.41, 5.74) is 1.40. The minimum absolute atomic E-state index is 0.0737. The van der Waals surface area contributed by atoms with Crippen LogP contribution in [0.1, 0.15) is 109 Å². The molecular weight excluding hydrogens is 512 g/mol. The quantitative estimate of drug-likeness (QED) is 0.349. The van der Waals surface area contributed by atoms with Gasteiger partial charge in [0.15, 0.2) is 5.65 Å². The number of nitrogens with one attached hydrogen (secondary N) is 2. The Morgan fingerprint density at radius 3 is 2.53 bits per heavy atom. The Morgan fingerprint density at radius 1 is 1.24 bits per heavy atom. The van der Waals surface area contributed by atoms with Gasteiger partial charge in [-0.25, -0.2) is 23.1 Å². The number of nitrogens with zero attached hydrogens (tertiary/aromatic N) is 3. The summed E-state index contributed by atoms with van der Waals surface area (Å²) in [6.07, 6.45) is 8.23. The predicted molar refractivity (Wildman–Crippen MR) is 143 cm³/mol. The third kappa shape index (κ3) is 7.57. The molecule has 2 aliphatic rings. The Labute approximate surface area is 227 Å². The Hall–Kier alpha value is -1.98. The van der Waals surface area contributed by atoms with Crippen molar-refractivity contribution in [3.05, 3.63) is 29.7 Å². The second kappa shape index (κ2) is 12.0. The largest absolute Gasteiger partial charge is 0.598 e. The second-order valence-electron chi connectivity index (χ2n) is 11.8. The van der Waals surface area contributed by atoms with Crippen LogP contribution < -0.4 is 10.0 Å². The number of amides is 1. The normalized spacial score (nSPS) is 21.0. The number of alkyl carbamates (subject to hydrolysis) is 1. The smallest absolute Gasteiger partial charge is 0.408 e. The summed E-state index contributed by atoms with van der Waals surface area (Å²) in [4.78, 5) is 17.5. The van der Waals surface area contributed by atoms with Gasteiger partial charge >= 0.3 is 6.09 Å². The molecule has 2 saturated carbocycles. The molecule has 2 aromatic heterocycles. The van der Waals surface area contributed by atoms with E-state index in [1.54, 1.807) is 37.7 Å². The van der Waals surface area contributed by atoms with Crippen LogP contribution in [0, 0.1) is 11.8 Å². The molecule has 0 aromatic carbocycles. The fourth-order valence-corrected chi connectivity index (χ4v) is 6.46. The van der Waals surface area contributed by atoms with Gasteiger partial charge in [0.05, 0.1) is 30.2 Å². The van der Waals surface area contributed by atoms with Crippen LogP contribution in [0.4, 0.5) is 13.6 Å². The number of aromatic nitrogens is 3. The highest BCUT2D eigenvalue weighted by Gasteiger charge is 2.40. The van der Waals surface area contributed by atoms with Gasteiger partial charge in [0.2, 0.25) is 5.92 Å². The third-order valence-electron chi connectivity index (χ3n) is 7.51. The first-order chi connectivity index (χ1) is 17.9. The fourth-order valence-electron chi connectivity index (χ4n) is 5.18. The van der Waals surface area contributed by atoms with E-state index in [-0.39, 0.29) is 37.6 Å². The maximum Gasteiger partial charge on any atom is 0.408 e. The van der Waals surface area contributed by atoms with E-state index < -0.39 is 35.0 Å². The lowest BCUT2D eigenvalue weighted by molar-refractivity contribution is -0.0500. The summed E-state index contributed by atoms with van der Waals surface area (Å²) < 4.78 is 50.9. The molecule has 1 amide bonds. The standard InChI is InChI=1S/C27H41F2N5O3S/c1-5-6-14-38(36)33-23(18-8-7-9-18)20-15-22-31-21(17-34(22)30-16-20)24(32-25(35)37-26(2,3)4)19-10-12-27(28,29)13-11-19/h15-19,23-24,33H,5-14H2,1-4H3,(H,32,35)/t23?,24-,38-/m0/s1. The zero-order valence-electron chi connectivity index (χ0n) is 22.8. The number of alkyl halides is 2. The van der Waals surface area contributed by atoms with Crippen LogP contribution in [0.25, 0.3) is 5.65 Å². The molecule has 11 heteroatoms. The monoisotopic (exact) mass is 553 g/mol. The van der Waals surface area contributed by atoms with E-state index >= 15 is 0 Å². The molecule has 2 aromatic rings. The zero-order valence-corrected chi connectivity index (χ0v) is 23.7. The molecule has 0 saturated heterocycles. The minimum atomic E-state index is -2.68. The molecule has 0 aliphatic heterocycles. The second-order valence-corrected chi connectivity index (χ2v) is 13.1. The molecule has 38 heavy (non-hydrogen) atoms. The highest BCUT2D eigenvalue weighted by atomic mass is 32.2. The molecule has 0 radical (unpaired) electrons. The summed E-state index contributed by atoms with van der Waals surface area (Å²) in [5, 5.41) is 7.48. The topological polar surface area (TPSA) is 104 Å². The van der Waals surface area contributed by atoms with Gasteiger partial charge in [-0.2, -0.15) is 5.10 Å². The summed E-state index contributed by atoms with van der Waals surface area (Å²) >= 11 is -1.13. The molecule has 1 unspecified atom stereocenters. The Balaban J connectivity index is 1.59. The van der Waals surface area contributed by atoms with E-state index in [0.29, 0.717) is 23.0 Å². The first kappa shape index (κ1) is 29.0. The number of ether oxygens (including phenoxy) is 1. The number of carbonyl (C=O) groups excluding carboxylic acids is 1. The van der Waals surface area contributed by atoms with Crippen molar-refractivity contribution in [2.24, 2.45) is 11.8 Å². The number of hydrogen-bond donors (Lipinski definition) is 2. The maximum atomic E-state index is 13.9. The summed E-state index contributed by atoms with van der Waals surface area (Å²) in [5.74, 6) is -1.87. The van der Waals surface area contributed by atoms with Crippen LogP contribution in [0.5, 0.6) is 0 Å². The Morgan fingerprint density at radius 2 is 1.92 bits per heavy atom. The number of hydrogen-bond acceptors (Lipinski definition) is 6. The van der Waals surface area contributed by atoms with Gasteiger partial charge in [-0.05, 0) is 76.3 Å².